The number of piperazine rings is 1. The van der Waals surface area contributed by atoms with Crippen LogP contribution in [0.2, 0.25) is 0 Å². The van der Waals surface area contributed by atoms with Crippen LogP contribution in [0.25, 0.3) is 0 Å². The molecule has 11 nitrogen and oxygen atoms in total. The molecule has 0 radical (unpaired) electrons. The summed E-state index contributed by atoms with van der Waals surface area (Å²) >= 11 is 0. The van der Waals surface area contributed by atoms with Gasteiger partial charge in [0.1, 0.15) is 11.8 Å². The van der Waals surface area contributed by atoms with E-state index in [4.69, 9.17) is 19.3 Å². The van der Waals surface area contributed by atoms with Gasteiger partial charge in [0.25, 0.3) is 0 Å². The average Bonchev–Trinajstić information content (AvgIpc) is 3.44. The van der Waals surface area contributed by atoms with Gasteiger partial charge in [-0.15, -0.1) is 0 Å². The van der Waals surface area contributed by atoms with Crippen molar-refractivity contribution in [2.24, 2.45) is 5.10 Å². The molecule has 1 fully saturated rings. The molecule has 3 aromatic rings. The molecule has 3 heterocycles. The Morgan fingerprint density at radius 1 is 1.10 bits per heavy atom. The number of carbonyl (C=O) groups excluding carboxylic acids is 1. The summed E-state index contributed by atoms with van der Waals surface area (Å²) in [6.07, 6.45) is 0.533. The van der Waals surface area contributed by atoms with Crippen molar-refractivity contribution >= 4 is 23.0 Å². The van der Waals surface area contributed by atoms with Gasteiger partial charge in [-0.2, -0.15) is 10.4 Å². The number of methoxy groups -OCH3 is 1. The number of nitrogens with zero attached hydrogens (tertiary/aromatic N) is 5. The highest BCUT2D eigenvalue weighted by atomic mass is 16.7. The smallest absolute Gasteiger partial charge is 0.245 e. The van der Waals surface area contributed by atoms with E-state index in [-0.39, 0.29) is 19.1 Å². The molecule has 1 saturated heterocycles. The lowest BCUT2D eigenvalue weighted by Gasteiger charge is -2.36. The summed E-state index contributed by atoms with van der Waals surface area (Å²) in [4.78, 5) is 18.2. The van der Waals surface area contributed by atoms with Gasteiger partial charge in [-0.25, -0.2) is 5.01 Å². The first-order valence-corrected chi connectivity index (χ1v) is 13.9. The number of hydrogen-bond acceptors (Lipinski definition) is 10. The Kier molecular flexibility index (Phi) is 7.81. The van der Waals surface area contributed by atoms with Crippen molar-refractivity contribution in [1.82, 2.24) is 9.91 Å². The van der Waals surface area contributed by atoms with Gasteiger partial charge >= 0.3 is 0 Å². The highest BCUT2D eigenvalue weighted by molar-refractivity contribution is 6.14. The SMILES string of the molecule is COc1ccccc1N1CCN(CCC(=O)N2N=C(c3ccc(NO)cc3)c3cc4c(cc3CC2C#N)OCO4)CC1. The molecule has 3 aliphatic rings. The molecule has 2 N–H and O–H groups in total. The summed E-state index contributed by atoms with van der Waals surface area (Å²) in [5.74, 6) is 1.84. The first kappa shape index (κ1) is 27.4. The third-order valence-corrected chi connectivity index (χ3v) is 7.90. The Bertz CT molecular complexity index is 1530. The van der Waals surface area contributed by atoms with Crippen LogP contribution in [0.5, 0.6) is 17.2 Å². The number of para-hydroxylation sites is 2. The summed E-state index contributed by atoms with van der Waals surface area (Å²) in [5, 5.41) is 25.6. The van der Waals surface area contributed by atoms with Gasteiger partial charge in [0.15, 0.2) is 11.5 Å². The minimum atomic E-state index is -0.783. The van der Waals surface area contributed by atoms with Gasteiger partial charge < -0.3 is 19.1 Å². The second kappa shape index (κ2) is 12.0. The molecule has 0 bridgehead atoms. The molecule has 216 valence electrons. The van der Waals surface area contributed by atoms with Crippen LogP contribution in [0.15, 0.2) is 65.8 Å². The Balaban J connectivity index is 1.21. The molecule has 3 aliphatic heterocycles. The summed E-state index contributed by atoms with van der Waals surface area (Å²) in [6.45, 7) is 3.96. The quantitative estimate of drug-likeness (QED) is 0.413. The fourth-order valence-electron chi connectivity index (χ4n) is 5.62. The van der Waals surface area contributed by atoms with E-state index in [0.717, 1.165) is 54.3 Å². The number of anilines is 2. The van der Waals surface area contributed by atoms with Crippen molar-refractivity contribution in [3.05, 3.63) is 77.4 Å². The fraction of sp³-hybridized carbons (Fsp3) is 0.323. The maximum absolute atomic E-state index is 13.7. The zero-order valence-corrected chi connectivity index (χ0v) is 23.3. The second-order valence-corrected chi connectivity index (χ2v) is 10.3. The topological polar surface area (TPSA) is 123 Å². The lowest BCUT2D eigenvalue weighted by molar-refractivity contribution is -0.132. The molecular weight excluding hydrogens is 536 g/mol. The van der Waals surface area contributed by atoms with Crippen LogP contribution in [0.4, 0.5) is 11.4 Å². The lowest BCUT2D eigenvalue weighted by Crippen LogP contribution is -2.47. The normalized spacial score (nSPS) is 18.0. The van der Waals surface area contributed by atoms with Crippen molar-refractivity contribution in [2.45, 2.75) is 18.9 Å². The Morgan fingerprint density at radius 2 is 1.83 bits per heavy atom. The van der Waals surface area contributed by atoms with Gasteiger partial charge in [0.05, 0.1) is 30.3 Å². The maximum atomic E-state index is 13.7. The number of rotatable bonds is 7. The van der Waals surface area contributed by atoms with Crippen molar-refractivity contribution in [2.75, 3.05) is 57.0 Å². The van der Waals surface area contributed by atoms with Gasteiger partial charge in [-0.05, 0) is 42.0 Å². The van der Waals surface area contributed by atoms with Crippen molar-refractivity contribution in [3.8, 4) is 23.3 Å². The van der Waals surface area contributed by atoms with E-state index in [0.29, 0.717) is 35.9 Å². The van der Waals surface area contributed by atoms with E-state index < -0.39 is 6.04 Å². The molecule has 1 amide bonds. The van der Waals surface area contributed by atoms with Gasteiger partial charge in [-0.1, -0.05) is 24.3 Å². The number of hydrazone groups is 1. The Labute approximate surface area is 244 Å². The molecule has 3 aromatic carbocycles. The summed E-state index contributed by atoms with van der Waals surface area (Å²) in [6, 6.07) is 20.3. The van der Waals surface area contributed by atoms with E-state index in [1.165, 1.54) is 5.01 Å². The van der Waals surface area contributed by atoms with Gasteiger partial charge in [-0.3, -0.25) is 20.4 Å². The zero-order chi connectivity index (χ0) is 29.1. The van der Waals surface area contributed by atoms with Crippen LogP contribution >= 0.6 is 0 Å². The average molecular weight is 569 g/mol. The van der Waals surface area contributed by atoms with E-state index in [1.54, 1.807) is 19.2 Å². The van der Waals surface area contributed by atoms with Crippen LogP contribution in [0.1, 0.15) is 23.1 Å². The molecular formula is C31H32N6O5. The molecule has 1 atom stereocenters. The Hall–Kier alpha value is -4.79. The van der Waals surface area contributed by atoms with Crippen LogP contribution in [-0.2, 0) is 11.2 Å². The number of fused-ring (bicyclic) bond motifs is 2. The summed E-state index contributed by atoms with van der Waals surface area (Å²) in [7, 11) is 1.68. The number of ether oxygens (including phenoxy) is 3. The minimum absolute atomic E-state index is 0.126. The highest BCUT2D eigenvalue weighted by Crippen LogP contribution is 2.38. The summed E-state index contributed by atoms with van der Waals surface area (Å²) in [5.41, 5.74) is 6.62. The number of hydrogen-bond donors (Lipinski definition) is 2. The van der Waals surface area contributed by atoms with E-state index in [9.17, 15) is 15.3 Å². The van der Waals surface area contributed by atoms with Crippen molar-refractivity contribution < 1.29 is 24.2 Å². The second-order valence-electron chi connectivity index (χ2n) is 10.3. The number of amides is 1. The van der Waals surface area contributed by atoms with E-state index in [1.807, 2.05) is 42.5 Å². The van der Waals surface area contributed by atoms with E-state index >= 15 is 0 Å². The largest absolute Gasteiger partial charge is 0.495 e. The predicted octanol–water partition coefficient (Wildman–Crippen LogP) is 3.47. The third kappa shape index (κ3) is 5.42. The molecule has 1 unspecified atom stereocenters. The van der Waals surface area contributed by atoms with Crippen LogP contribution in [-0.4, -0.2) is 79.4 Å². The Morgan fingerprint density at radius 3 is 2.55 bits per heavy atom. The predicted molar refractivity (Wildman–Crippen MR) is 156 cm³/mol. The molecule has 42 heavy (non-hydrogen) atoms. The fourth-order valence-corrected chi connectivity index (χ4v) is 5.62. The van der Waals surface area contributed by atoms with Crippen LogP contribution in [0.3, 0.4) is 0 Å². The molecule has 6 rings (SSSR count). The standard InChI is InChI=1S/C31H32N6O5/c1-40-27-5-3-2-4-26(27)36-14-12-35(13-15-36)11-10-30(38)37-24(19-32)16-22-17-28-29(42-20-41-28)18-25(22)31(33-37)21-6-8-23(34-39)9-7-21/h2-9,17-18,24,34,39H,10-16,20H2,1H3. The molecule has 0 aromatic heterocycles. The maximum Gasteiger partial charge on any atom is 0.245 e. The summed E-state index contributed by atoms with van der Waals surface area (Å²) < 4.78 is 16.8. The van der Waals surface area contributed by atoms with E-state index in [2.05, 4.69) is 27.4 Å². The molecule has 0 aliphatic carbocycles. The zero-order valence-electron chi connectivity index (χ0n) is 23.3. The molecule has 0 spiro atoms. The van der Waals surface area contributed by atoms with Crippen LogP contribution < -0.4 is 24.6 Å². The first-order valence-electron chi connectivity index (χ1n) is 13.9. The lowest BCUT2D eigenvalue weighted by atomic mass is 9.94. The van der Waals surface area contributed by atoms with Crippen molar-refractivity contribution in [1.29, 1.82) is 5.26 Å². The molecule has 0 saturated carbocycles. The van der Waals surface area contributed by atoms with Gasteiger partial charge in [0.2, 0.25) is 12.7 Å². The number of nitrogens with one attached hydrogen (secondary N) is 1. The van der Waals surface area contributed by atoms with Gasteiger partial charge in [0, 0.05) is 56.7 Å². The monoisotopic (exact) mass is 568 g/mol. The highest BCUT2D eigenvalue weighted by Gasteiger charge is 2.32. The number of nitriles is 1. The van der Waals surface area contributed by atoms with Crippen molar-refractivity contribution in [3.63, 3.8) is 0 Å². The molecule has 11 heteroatoms. The minimum Gasteiger partial charge on any atom is -0.495 e. The van der Waals surface area contributed by atoms with Crippen LogP contribution in [0, 0.1) is 11.3 Å². The first-order chi connectivity index (χ1) is 20.6. The third-order valence-electron chi connectivity index (χ3n) is 7.90. The number of carbonyl (C=O) groups is 1. The number of benzene rings is 3.